The van der Waals surface area contributed by atoms with Crippen LogP contribution in [-0.2, 0) is 0 Å². The summed E-state index contributed by atoms with van der Waals surface area (Å²) in [6.07, 6.45) is 1.49. The number of ether oxygens (including phenoxy) is 3. The first kappa shape index (κ1) is 13.6. The number of rotatable bonds is 5. The van der Waals surface area contributed by atoms with Crippen LogP contribution in [0.4, 0.5) is 0 Å². The molecule has 0 aliphatic carbocycles. The third-order valence-corrected chi connectivity index (χ3v) is 2.43. The Morgan fingerprint density at radius 3 is 2.60 bits per heavy atom. The van der Waals surface area contributed by atoms with Crippen LogP contribution in [0.3, 0.4) is 0 Å². The molecule has 0 aliphatic rings. The Hall–Kier alpha value is -2.83. The molecule has 0 saturated carbocycles. The minimum Gasteiger partial charge on any atom is -0.493 e. The summed E-state index contributed by atoms with van der Waals surface area (Å²) >= 11 is 0. The average Bonchev–Trinajstić information content (AvgIpc) is 2.47. The maximum absolute atomic E-state index is 10.9. The lowest BCUT2D eigenvalue weighted by Crippen LogP contribution is -1.99. The number of benzene rings is 1. The Kier molecular flexibility index (Phi) is 3.99. The largest absolute Gasteiger partial charge is 0.493 e. The number of carboxylic acid groups (broad SMARTS) is 1. The topological polar surface area (TPSA) is 90.8 Å². The minimum absolute atomic E-state index is 0.0747. The molecule has 0 bridgehead atoms. The first-order valence-corrected chi connectivity index (χ1v) is 5.60. The molecular formula is C13H12N2O5. The normalized spacial score (nSPS) is 9.90. The third kappa shape index (κ3) is 2.94. The van der Waals surface area contributed by atoms with E-state index in [1.54, 1.807) is 6.07 Å². The molecule has 104 valence electrons. The number of carboxylic acids is 1. The van der Waals surface area contributed by atoms with Gasteiger partial charge in [-0.05, 0) is 18.2 Å². The van der Waals surface area contributed by atoms with Gasteiger partial charge in [0.05, 0.1) is 19.8 Å². The number of carbonyl (C=O) groups is 1. The highest BCUT2D eigenvalue weighted by molar-refractivity contribution is 5.88. The van der Waals surface area contributed by atoms with E-state index in [1.165, 1.54) is 38.6 Å². The molecule has 20 heavy (non-hydrogen) atoms. The lowest BCUT2D eigenvalue weighted by molar-refractivity contribution is 0.0696. The van der Waals surface area contributed by atoms with Crippen LogP contribution < -0.4 is 14.2 Å². The number of hydrogen-bond acceptors (Lipinski definition) is 6. The molecule has 0 fully saturated rings. The van der Waals surface area contributed by atoms with E-state index in [9.17, 15) is 4.79 Å². The zero-order valence-electron chi connectivity index (χ0n) is 10.9. The van der Waals surface area contributed by atoms with Gasteiger partial charge in [0.1, 0.15) is 0 Å². The van der Waals surface area contributed by atoms with Crippen LogP contribution in [0, 0.1) is 0 Å². The molecule has 2 aromatic rings. The van der Waals surface area contributed by atoms with E-state index in [-0.39, 0.29) is 17.3 Å². The van der Waals surface area contributed by atoms with E-state index in [2.05, 4.69) is 9.97 Å². The molecule has 0 aliphatic heterocycles. The third-order valence-electron chi connectivity index (χ3n) is 2.43. The second kappa shape index (κ2) is 5.87. The number of methoxy groups -OCH3 is 2. The summed E-state index contributed by atoms with van der Waals surface area (Å²) in [7, 11) is 2.90. The molecule has 2 rings (SSSR count). The molecule has 0 spiro atoms. The van der Waals surface area contributed by atoms with E-state index < -0.39 is 5.97 Å². The summed E-state index contributed by atoms with van der Waals surface area (Å²) in [5.41, 5.74) is 0.0979. The first-order valence-electron chi connectivity index (χ1n) is 5.60. The zero-order chi connectivity index (χ0) is 14.5. The van der Waals surface area contributed by atoms with Crippen LogP contribution in [0.5, 0.6) is 23.4 Å². The summed E-state index contributed by atoms with van der Waals surface area (Å²) in [5, 5.41) is 8.92. The Morgan fingerprint density at radius 2 is 1.95 bits per heavy atom. The predicted molar refractivity (Wildman–Crippen MR) is 68.6 cm³/mol. The average molecular weight is 276 g/mol. The van der Waals surface area contributed by atoms with Crippen molar-refractivity contribution in [1.29, 1.82) is 0 Å². The summed E-state index contributed by atoms with van der Waals surface area (Å²) in [6, 6.07) is 5.90. The van der Waals surface area contributed by atoms with Crippen LogP contribution in [0.25, 0.3) is 0 Å². The Labute approximate surface area is 114 Å². The maximum Gasteiger partial charge on any atom is 0.335 e. The van der Waals surface area contributed by atoms with Crippen molar-refractivity contribution in [2.24, 2.45) is 0 Å². The standard InChI is InChI=1S/C13H12N2O5/c1-18-10-7-8(12(16)17)3-4-9(10)20-13-14-6-5-11(15-13)19-2/h3-7H,1-2H3,(H,16,17). The lowest BCUT2D eigenvalue weighted by Gasteiger charge is -2.09. The molecule has 0 amide bonds. The number of hydrogen-bond donors (Lipinski definition) is 1. The Balaban J connectivity index is 2.30. The van der Waals surface area contributed by atoms with Crippen molar-refractivity contribution in [2.75, 3.05) is 14.2 Å². The van der Waals surface area contributed by atoms with Crippen molar-refractivity contribution in [3.63, 3.8) is 0 Å². The fraction of sp³-hybridized carbons (Fsp3) is 0.154. The second-order valence-electron chi connectivity index (χ2n) is 3.65. The van der Waals surface area contributed by atoms with Crippen molar-refractivity contribution in [1.82, 2.24) is 9.97 Å². The highest BCUT2D eigenvalue weighted by atomic mass is 16.5. The summed E-state index contributed by atoms with van der Waals surface area (Å²) in [4.78, 5) is 18.8. The fourth-order valence-electron chi connectivity index (χ4n) is 1.47. The lowest BCUT2D eigenvalue weighted by atomic mass is 10.2. The quantitative estimate of drug-likeness (QED) is 0.892. The molecule has 0 unspecified atom stereocenters. The van der Waals surface area contributed by atoms with Crippen LogP contribution >= 0.6 is 0 Å². The van der Waals surface area contributed by atoms with E-state index in [0.717, 1.165) is 0 Å². The van der Waals surface area contributed by atoms with Crippen LogP contribution in [-0.4, -0.2) is 35.3 Å². The van der Waals surface area contributed by atoms with Crippen LogP contribution in [0.15, 0.2) is 30.5 Å². The number of aromatic nitrogens is 2. The van der Waals surface area contributed by atoms with Crippen LogP contribution in [0.1, 0.15) is 10.4 Å². The van der Waals surface area contributed by atoms with E-state index in [4.69, 9.17) is 19.3 Å². The van der Waals surface area contributed by atoms with Crippen molar-refractivity contribution >= 4 is 5.97 Å². The van der Waals surface area contributed by atoms with Crippen molar-refractivity contribution in [3.8, 4) is 23.4 Å². The number of aromatic carboxylic acids is 1. The molecule has 0 atom stereocenters. The zero-order valence-corrected chi connectivity index (χ0v) is 10.9. The number of nitrogens with zero attached hydrogens (tertiary/aromatic N) is 2. The molecule has 7 nitrogen and oxygen atoms in total. The molecule has 1 N–H and O–H groups in total. The highest BCUT2D eigenvalue weighted by Gasteiger charge is 2.12. The smallest absolute Gasteiger partial charge is 0.335 e. The van der Waals surface area contributed by atoms with E-state index in [1.807, 2.05) is 0 Å². The van der Waals surface area contributed by atoms with Gasteiger partial charge in [-0.2, -0.15) is 4.98 Å². The first-order chi connectivity index (χ1) is 9.63. The van der Waals surface area contributed by atoms with E-state index in [0.29, 0.717) is 11.6 Å². The Bertz CT molecular complexity index is 630. The molecule has 0 saturated heterocycles. The van der Waals surface area contributed by atoms with Gasteiger partial charge in [-0.3, -0.25) is 0 Å². The molecule has 7 heteroatoms. The van der Waals surface area contributed by atoms with Gasteiger partial charge in [0.2, 0.25) is 5.88 Å². The van der Waals surface area contributed by atoms with Crippen molar-refractivity contribution in [3.05, 3.63) is 36.0 Å². The summed E-state index contributed by atoms with van der Waals surface area (Å²) in [6.45, 7) is 0. The van der Waals surface area contributed by atoms with Gasteiger partial charge in [-0.25, -0.2) is 9.78 Å². The summed E-state index contributed by atoms with van der Waals surface area (Å²) in [5.74, 6) is -0.106. The van der Waals surface area contributed by atoms with Crippen molar-refractivity contribution in [2.45, 2.75) is 0 Å². The van der Waals surface area contributed by atoms with Gasteiger partial charge in [-0.15, -0.1) is 0 Å². The minimum atomic E-state index is -1.05. The van der Waals surface area contributed by atoms with E-state index >= 15 is 0 Å². The van der Waals surface area contributed by atoms with Gasteiger partial charge >= 0.3 is 12.0 Å². The van der Waals surface area contributed by atoms with Crippen molar-refractivity contribution < 1.29 is 24.1 Å². The highest BCUT2D eigenvalue weighted by Crippen LogP contribution is 2.31. The van der Waals surface area contributed by atoms with Crippen LogP contribution in [0.2, 0.25) is 0 Å². The summed E-state index contributed by atoms with van der Waals surface area (Å²) < 4.78 is 15.5. The second-order valence-corrected chi connectivity index (χ2v) is 3.65. The molecule has 1 heterocycles. The molecule has 1 aromatic carbocycles. The predicted octanol–water partition coefficient (Wildman–Crippen LogP) is 1.98. The van der Waals surface area contributed by atoms with Gasteiger partial charge in [0, 0.05) is 12.3 Å². The monoisotopic (exact) mass is 276 g/mol. The van der Waals surface area contributed by atoms with Gasteiger partial charge in [-0.1, -0.05) is 0 Å². The SMILES string of the molecule is COc1ccnc(Oc2ccc(C(=O)O)cc2OC)n1. The van der Waals surface area contributed by atoms with Gasteiger partial charge in [0.25, 0.3) is 0 Å². The Morgan fingerprint density at radius 1 is 1.15 bits per heavy atom. The van der Waals surface area contributed by atoms with Gasteiger partial charge < -0.3 is 19.3 Å². The molecule has 1 aromatic heterocycles. The fourth-order valence-corrected chi connectivity index (χ4v) is 1.47. The molecular weight excluding hydrogens is 264 g/mol. The van der Waals surface area contributed by atoms with Gasteiger partial charge in [0.15, 0.2) is 11.5 Å². The maximum atomic E-state index is 10.9. The molecule has 0 radical (unpaired) electrons.